The summed E-state index contributed by atoms with van der Waals surface area (Å²) in [5.74, 6) is 0.710. The van der Waals surface area contributed by atoms with E-state index in [9.17, 15) is 0 Å². The van der Waals surface area contributed by atoms with E-state index in [1.807, 2.05) is 12.4 Å². The maximum absolute atomic E-state index is 4.16. The van der Waals surface area contributed by atoms with Crippen LogP contribution < -0.4 is 5.32 Å². The lowest BCUT2D eigenvalue weighted by atomic mass is 9.95. The zero-order valence-corrected chi connectivity index (χ0v) is 11.0. The molecule has 1 unspecified atom stereocenters. The van der Waals surface area contributed by atoms with Crippen LogP contribution >= 0.6 is 0 Å². The van der Waals surface area contributed by atoms with E-state index in [1.165, 1.54) is 24.0 Å². The van der Waals surface area contributed by atoms with E-state index >= 15 is 0 Å². The summed E-state index contributed by atoms with van der Waals surface area (Å²) in [5.41, 5.74) is 2.69. The molecule has 1 rings (SSSR count). The van der Waals surface area contributed by atoms with E-state index in [4.69, 9.17) is 0 Å². The second kappa shape index (κ2) is 6.64. The summed E-state index contributed by atoms with van der Waals surface area (Å²) < 4.78 is 0. The molecule has 0 aliphatic rings. The van der Waals surface area contributed by atoms with E-state index in [-0.39, 0.29) is 0 Å². The van der Waals surface area contributed by atoms with Gasteiger partial charge in [0, 0.05) is 18.4 Å². The molecule has 1 heterocycles. The van der Waals surface area contributed by atoms with E-state index in [2.05, 4.69) is 44.1 Å². The van der Waals surface area contributed by atoms with Crippen molar-refractivity contribution < 1.29 is 0 Å². The highest BCUT2D eigenvalue weighted by molar-refractivity contribution is 5.25. The molecule has 0 saturated carbocycles. The molecule has 0 aromatic carbocycles. The first-order valence-electron chi connectivity index (χ1n) is 6.29. The van der Waals surface area contributed by atoms with Gasteiger partial charge in [0.05, 0.1) is 0 Å². The number of nitrogens with one attached hydrogen (secondary N) is 1. The summed E-state index contributed by atoms with van der Waals surface area (Å²) >= 11 is 0. The highest BCUT2D eigenvalue weighted by Gasteiger charge is 2.14. The molecule has 0 aliphatic heterocycles. The normalized spacial score (nSPS) is 13.1. The van der Waals surface area contributed by atoms with Gasteiger partial charge in [0.15, 0.2) is 0 Å². The molecule has 0 amide bonds. The van der Waals surface area contributed by atoms with Gasteiger partial charge in [-0.3, -0.25) is 4.98 Å². The Morgan fingerprint density at radius 1 is 1.38 bits per heavy atom. The Hall–Kier alpha value is -0.890. The summed E-state index contributed by atoms with van der Waals surface area (Å²) in [7, 11) is 0. The number of aryl methyl sites for hydroxylation is 1. The van der Waals surface area contributed by atoms with Crippen molar-refractivity contribution in [2.24, 2.45) is 5.92 Å². The molecule has 0 fully saturated rings. The van der Waals surface area contributed by atoms with E-state index in [0.717, 1.165) is 6.54 Å². The maximum Gasteiger partial charge on any atom is 0.0326 e. The monoisotopic (exact) mass is 220 g/mol. The fourth-order valence-corrected chi connectivity index (χ4v) is 1.99. The van der Waals surface area contributed by atoms with E-state index < -0.39 is 0 Å². The molecule has 2 heteroatoms. The molecule has 1 aromatic rings. The Kier molecular flexibility index (Phi) is 5.47. The molecule has 16 heavy (non-hydrogen) atoms. The zero-order valence-electron chi connectivity index (χ0n) is 11.0. The van der Waals surface area contributed by atoms with Gasteiger partial charge in [-0.25, -0.2) is 0 Å². The van der Waals surface area contributed by atoms with Gasteiger partial charge in [0.1, 0.15) is 0 Å². The molecular formula is C14H24N2. The summed E-state index contributed by atoms with van der Waals surface area (Å²) in [6.45, 7) is 9.98. The molecule has 2 nitrogen and oxygen atoms in total. The second-order valence-corrected chi connectivity index (χ2v) is 4.87. The number of pyridine rings is 1. The van der Waals surface area contributed by atoms with Gasteiger partial charge >= 0.3 is 0 Å². The van der Waals surface area contributed by atoms with Gasteiger partial charge in [0.25, 0.3) is 0 Å². The SMILES string of the molecule is CCCNC(CC(C)C)c1ccncc1C. The Morgan fingerprint density at radius 2 is 2.12 bits per heavy atom. The summed E-state index contributed by atoms with van der Waals surface area (Å²) in [4.78, 5) is 4.16. The fourth-order valence-electron chi connectivity index (χ4n) is 1.99. The summed E-state index contributed by atoms with van der Waals surface area (Å²) in [5, 5.41) is 3.63. The lowest BCUT2D eigenvalue weighted by Gasteiger charge is -2.22. The molecular weight excluding hydrogens is 196 g/mol. The first-order valence-corrected chi connectivity index (χ1v) is 6.29. The predicted molar refractivity (Wildman–Crippen MR) is 69.5 cm³/mol. The van der Waals surface area contributed by atoms with Crippen LogP contribution in [0.15, 0.2) is 18.5 Å². The Morgan fingerprint density at radius 3 is 2.69 bits per heavy atom. The number of rotatable bonds is 6. The van der Waals surface area contributed by atoms with Gasteiger partial charge < -0.3 is 5.32 Å². The minimum Gasteiger partial charge on any atom is -0.310 e. The highest BCUT2D eigenvalue weighted by atomic mass is 14.9. The smallest absolute Gasteiger partial charge is 0.0326 e. The third-order valence-corrected chi connectivity index (χ3v) is 2.79. The third-order valence-electron chi connectivity index (χ3n) is 2.79. The quantitative estimate of drug-likeness (QED) is 0.794. The number of hydrogen-bond acceptors (Lipinski definition) is 2. The van der Waals surface area contributed by atoms with Gasteiger partial charge in [-0.1, -0.05) is 20.8 Å². The van der Waals surface area contributed by atoms with E-state index in [1.54, 1.807) is 0 Å². The topological polar surface area (TPSA) is 24.9 Å². The van der Waals surface area contributed by atoms with Crippen LogP contribution in [0.3, 0.4) is 0 Å². The average molecular weight is 220 g/mol. The average Bonchev–Trinajstić information content (AvgIpc) is 2.24. The number of hydrogen-bond donors (Lipinski definition) is 1. The second-order valence-electron chi connectivity index (χ2n) is 4.87. The van der Waals surface area contributed by atoms with Crippen molar-refractivity contribution in [3.8, 4) is 0 Å². The third kappa shape index (κ3) is 3.93. The minimum atomic E-state index is 0.475. The van der Waals surface area contributed by atoms with Crippen LogP contribution in [0.1, 0.15) is 50.8 Å². The summed E-state index contributed by atoms with van der Waals surface area (Å²) in [6.07, 6.45) is 6.21. The first kappa shape index (κ1) is 13.2. The molecule has 0 radical (unpaired) electrons. The standard InChI is InChI=1S/C14H24N2/c1-5-7-16-14(9-11(2)3)13-6-8-15-10-12(13)4/h6,8,10-11,14,16H,5,7,9H2,1-4H3. The molecule has 90 valence electrons. The first-order chi connectivity index (χ1) is 7.65. The van der Waals surface area contributed by atoms with Gasteiger partial charge in [-0.15, -0.1) is 0 Å². The van der Waals surface area contributed by atoms with Crippen LogP contribution in [0.2, 0.25) is 0 Å². The van der Waals surface area contributed by atoms with Gasteiger partial charge in [0.2, 0.25) is 0 Å². The lowest BCUT2D eigenvalue weighted by molar-refractivity contribution is 0.428. The van der Waals surface area contributed by atoms with Crippen molar-refractivity contribution in [3.05, 3.63) is 29.6 Å². The predicted octanol–water partition coefficient (Wildman–Crippen LogP) is 3.48. The number of nitrogens with zero attached hydrogens (tertiary/aromatic N) is 1. The van der Waals surface area contributed by atoms with Crippen LogP contribution in [0, 0.1) is 12.8 Å². The highest BCUT2D eigenvalue weighted by Crippen LogP contribution is 2.23. The molecule has 1 atom stereocenters. The molecule has 0 spiro atoms. The Labute approximate surface area is 99.5 Å². The fraction of sp³-hybridized carbons (Fsp3) is 0.643. The Bertz CT molecular complexity index is 307. The van der Waals surface area contributed by atoms with Crippen LogP contribution in [0.4, 0.5) is 0 Å². The lowest BCUT2D eigenvalue weighted by Crippen LogP contribution is -2.24. The van der Waals surface area contributed by atoms with E-state index in [0.29, 0.717) is 12.0 Å². The van der Waals surface area contributed by atoms with Crippen molar-refractivity contribution >= 4 is 0 Å². The maximum atomic E-state index is 4.16. The van der Waals surface area contributed by atoms with Gasteiger partial charge in [-0.2, -0.15) is 0 Å². The van der Waals surface area contributed by atoms with Crippen molar-refractivity contribution in [1.82, 2.24) is 10.3 Å². The zero-order chi connectivity index (χ0) is 12.0. The van der Waals surface area contributed by atoms with Gasteiger partial charge in [-0.05, 0) is 49.4 Å². The van der Waals surface area contributed by atoms with Crippen molar-refractivity contribution in [1.29, 1.82) is 0 Å². The Balaban J connectivity index is 2.78. The van der Waals surface area contributed by atoms with Crippen LogP contribution in [0.5, 0.6) is 0 Å². The molecule has 0 saturated heterocycles. The molecule has 1 N–H and O–H groups in total. The van der Waals surface area contributed by atoms with Crippen LogP contribution in [-0.4, -0.2) is 11.5 Å². The van der Waals surface area contributed by atoms with Crippen molar-refractivity contribution in [3.63, 3.8) is 0 Å². The van der Waals surface area contributed by atoms with Crippen molar-refractivity contribution in [2.75, 3.05) is 6.54 Å². The van der Waals surface area contributed by atoms with Crippen molar-refractivity contribution in [2.45, 2.75) is 46.6 Å². The molecule has 1 aromatic heterocycles. The molecule has 0 bridgehead atoms. The minimum absolute atomic E-state index is 0.475. The number of aromatic nitrogens is 1. The van der Waals surface area contributed by atoms with Crippen LogP contribution in [0.25, 0.3) is 0 Å². The summed E-state index contributed by atoms with van der Waals surface area (Å²) in [6, 6.07) is 2.62. The largest absolute Gasteiger partial charge is 0.310 e. The van der Waals surface area contributed by atoms with Crippen LogP contribution in [-0.2, 0) is 0 Å². The molecule has 0 aliphatic carbocycles.